The molecule has 0 fully saturated rings. The molecule has 4 heteroatoms. The van der Waals surface area contributed by atoms with Crippen molar-refractivity contribution in [1.29, 1.82) is 0 Å². The van der Waals surface area contributed by atoms with E-state index < -0.39 is 0 Å². The van der Waals surface area contributed by atoms with Gasteiger partial charge in [-0.3, -0.25) is 0 Å². The van der Waals surface area contributed by atoms with Crippen LogP contribution in [0.4, 0.5) is 4.79 Å². The van der Waals surface area contributed by atoms with E-state index in [9.17, 15) is 4.79 Å². The van der Waals surface area contributed by atoms with E-state index in [0.29, 0.717) is 0 Å². The lowest BCUT2D eigenvalue weighted by Crippen LogP contribution is -2.37. The molecule has 0 rings (SSSR count). The Labute approximate surface area is 151 Å². The molecule has 0 aliphatic heterocycles. The second-order valence-electron chi connectivity index (χ2n) is 7.23. The molecule has 0 bridgehead atoms. The first-order valence-corrected chi connectivity index (χ1v) is 10.3. The highest BCUT2D eigenvalue weighted by atomic mass is 16.2. The minimum Gasteiger partial charge on any atom is -0.338 e. The molecular weight excluding hydrogens is 298 g/mol. The first-order chi connectivity index (χ1) is 11.7. The Bertz CT molecular complexity index is 270. The summed E-state index contributed by atoms with van der Waals surface area (Å²) in [6.07, 6.45) is 17.2. The zero-order chi connectivity index (χ0) is 17.9. The molecule has 0 aliphatic carbocycles. The summed E-state index contributed by atoms with van der Waals surface area (Å²) in [4.78, 5) is 13.7. The number of carbonyl (C=O) groups is 1. The Morgan fingerprint density at radius 1 is 0.667 bits per heavy atom. The summed E-state index contributed by atoms with van der Waals surface area (Å²) in [5, 5.41) is 5.85. The molecule has 0 saturated heterocycles. The van der Waals surface area contributed by atoms with Gasteiger partial charge in [-0.2, -0.15) is 0 Å². The minimum atomic E-state index is -0.0168. The predicted molar refractivity (Wildman–Crippen MR) is 106 cm³/mol. The van der Waals surface area contributed by atoms with Crippen LogP contribution in [0.15, 0.2) is 0 Å². The van der Waals surface area contributed by atoms with Gasteiger partial charge in [0.05, 0.1) is 0 Å². The van der Waals surface area contributed by atoms with Crippen molar-refractivity contribution >= 4 is 6.03 Å². The second kappa shape index (κ2) is 18.6. The Hall–Kier alpha value is -0.770. The highest BCUT2D eigenvalue weighted by Crippen LogP contribution is 2.11. The monoisotopic (exact) mass is 341 g/mol. The third-order valence-electron chi connectivity index (χ3n) is 4.38. The third kappa shape index (κ3) is 19.3. The molecule has 0 aliphatic rings. The molecule has 24 heavy (non-hydrogen) atoms. The van der Waals surface area contributed by atoms with Gasteiger partial charge in [0.15, 0.2) is 0 Å². The van der Waals surface area contributed by atoms with E-state index in [-0.39, 0.29) is 6.03 Å². The number of rotatable bonds is 17. The fourth-order valence-corrected chi connectivity index (χ4v) is 2.83. The summed E-state index contributed by atoms with van der Waals surface area (Å²) < 4.78 is 0. The molecule has 0 atom stereocenters. The largest absolute Gasteiger partial charge is 0.338 e. The smallest absolute Gasteiger partial charge is 0.314 e. The van der Waals surface area contributed by atoms with Gasteiger partial charge in [-0.25, -0.2) is 4.79 Å². The fraction of sp³-hybridized carbons (Fsp3) is 0.950. The van der Waals surface area contributed by atoms with Crippen LogP contribution in [0, 0.1) is 0 Å². The van der Waals surface area contributed by atoms with Gasteiger partial charge in [0.25, 0.3) is 0 Å². The SMILES string of the molecule is CCCCCCCCCCCCCCNC(=O)NCCCN(C)C. The van der Waals surface area contributed by atoms with E-state index in [1.807, 2.05) is 14.1 Å². The molecule has 0 unspecified atom stereocenters. The standard InChI is InChI=1S/C20H43N3O/c1-4-5-6-7-8-9-10-11-12-13-14-15-17-21-20(24)22-18-16-19-23(2)3/h4-19H2,1-3H3,(H2,21,22,24). The highest BCUT2D eigenvalue weighted by Gasteiger charge is 1.99. The molecule has 2 amide bonds. The molecule has 0 heterocycles. The van der Waals surface area contributed by atoms with Gasteiger partial charge in [-0.1, -0.05) is 77.6 Å². The van der Waals surface area contributed by atoms with Crippen molar-refractivity contribution in [1.82, 2.24) is 15.5 Å². The quantitative estimate of drug-likeness (QED) is 0.368. The van der Waals surface area contributed by atoms with Gasteiger partial charge in [-0.15, -0.1) is 0 Å². The van der Waals surface area contributed by atoms with Gasteiger partial charge in [0.2, 0.25) is 0 Å². The van der Waals surface area contributed by atoms with Gasteiger partial charge in [-0.05, 0) is 33.5 Å². The van der Waals surface area contributed by atoms with Gasteiger partial charge in [0, 0.05) is 13.1 Å². The average molecular weight is 342 g/mol. The van der Waals surface area contributed by atoms with Crippen molar-refractivity contribution in [3.8, 4) is 0 Å². The number of nitrogens with one attached hydrogen (secondary N) is 2. The van der Waals surface area contributed by atoms with Crippen LogP contribution in [0.1, 0.15) is 90.4 Å². The van der Waals surface area contributed by atoms with E-state index in [0.717, 1.165) is 32.5 Å². The van der Waals surface area contributed by atoms with Crippen molar-refractivity contribution < 1.29 is 4.79 Å². The van der Waals surface area contributed by atoms with Gasteiger partial charge < -0.3 is 15.5 Å². The van der Waals surface area contributed by atoms with Crippen LogP contribution in [0.2, 0.25) is 0 Å². The van der Waals surface area contributed by atoms with E-state index in [1.165, 1.54) is 70.6 Å². The Morgan fingerprint density at radius 2 is 1.08 bits per heavy atom. The zero-order valence-electron chi connectivity index (χ0n) is 16.7. The number of unbranched alkanes of at least 4 members (excludes halogenated alkanes) is 11. The van der Waals surface area contributed by atoms with Crippen molar-refractivity contribution in [3.63, 3.8) is 0 Å². The fourth-order valence-electron chi connectivity index (χ4n) is 2.83. The van der Waals surface area contributed by atoms with Crippen LogP contribution in [0.5, 0.6) is 0 Å². The molecule has 0 radical (unpaired) electrons. The maximum Gasteiger partial charge on any atom is 0.314 e. The Balaban J connectivity index is 3.12. The van der Waals surface area contributed by atoms with Crippen LogP contribution in [-0.4, -0.2) is 44.7 Å². The Morgan fingerprint density at radius 3 is 1.54 bits per heavy atom. The first-order valence-electron chi connectivity index (χ1n) is 10.3. The van der Waals surface area contributed by atoms with Crippen molar-refractivity contribution in [3.05, 3.63) is 0 Å². The third-order valence-corrected chi connectivity index (χ3v) is 4.38. The topological polar surface area (TPSA) is 44.4 Å². The first kappa shape index (κ1) is 23.2. The molecule has 0 aromatic carbocycles. The lowest BCUT2D eigenvalue weighted by atomic mass is 10.1. The van der Waals surface area contributed by atoms with Crippen LogP contribution < -0.4 is 10.6 Å². The van der Waals surface area contributed by atoms with Crippen LogP contribution in [0.3, 0.4) is 0 Å². The highest BCUT2D eigenvalue weighted by molar-refractivity contribution is 5.73. The molecule has 0 aromatic heterocycles. The Kier molecular flexibility index (Phi) is 18.0. The maximum absolute atomic E-state index is 11.6. The number of amides is 2. The van der Waals surface area contributed by atoms with Crippen molar-refractivity contribution in [2.24, 2.45) is 0 Å². The summed E-state index contributed by atoms with van der Waals surface area (Å²) in [6, 6.07) is -0.0168. The van der Waals surface area contributed by atoms with Crippen molar-refractivity contribution in [2.45, 2.75) is 90.4 Å². The molecule has 0 spiro atoms. The number of urea groups is 1. The zero-order valence-corrected chi connectivity index (χ0v) is 16.7. The summed E-state index contributed by atoms with van der Waals surface area (Å²) in [5.41, 5.74) is 0. The lowest BCUT2D eigenvalue weighted by molar-refractivity contribution is 0.240. The molecule has 0 aromatic rings. The summed E-state index contributed by atoms with van der Waals surface area (Å²) >= 11 is 0. The predicted octanol–water partition coefficient (Wildman–Crippen LogP) is 4.94. The summed E-state index contributed by atoms with van der Waals surface area (Å²) in [5.74, 6) is 0. The summed E-state index contributed by atoms with van der Waals surface area (Å²) in [7, 11) is 4.10. The lowest BCUT2D eigenvalue weighted by Gasteiger charge is -2.10. The summed E-state index contributed by atoms with van der Waals surface area (Å²) in [6.45, 7) is 4.84. The van der Waals surface area contributed by atoms with E-state index in [4.69, 9.17) is 0 Å². The number of carbonyl (C=O) groups excluding carboxylic acids is 1. The second-order valence-corrected chi connectivity index (χ2v) is 7.23. The van der Waals surface area contributed by atoms with E-state index in [1.54, 1.807) is 0 Å². The van der Waals surface area contributed by atoms with Gasteiger partial charge in [0.1, 0.15) is 0 Å². The number of hydrogen-bond donors (Lipinski definition) is 2. The van der Waals surface area contributed by atoms with Crippen molar-refractivity contribution in [2.75, 3.05) is 33.7 Å². The van der Waals surface area contributed by atoms with Gasteiger partial charge >= 0.3 is 6.03 Å². The molecule has 0 saturated carbocycles. The van der Waals surface area contributed by atoms with Crippen LogP contribution in [0.25, 0.3) is 0 Å². The molecule has 144 valence electrons. The molecule has 4 nitrogen and oxygen atoms in total. The number of hydrogen-bond acceptors (Lipinski definition) is 2. The normalized spacial score (nSPS) is 11.0. The maximum atomic E-state index is 11.6. The number of nitrogens with zero attached hydrogens (tertiary/aromatic N) is 1. The van der Waals surface area contributed by atoms with Crippen LogP contribution in [-0.2, 0) is 0 Å². The van der Waals surface area contributed by atoms with Crippen LogP contribution >= 0.6 is 0 Å². The minimum absolute atomic E-state index is 0.0168. The van der Waals surface area contributed by atoms with E-state index >= 15 is 0 Å². The molecule has 2 N–H and O–H groups in total. The average Bonchev–Trinajstić information content (AvgIpc) is 2.55. The van der Waals surface area contributed by atoms with E-state index in [2.05, 4.69) is 22.5 Å². The molecular formula is C20H43N3O.